The molecular weight excluding hydrogens is 436 g/mol. The molecule has 3 aromatic carbocycles. The molecule has 4 heteroatoms. The largest absolute Gasteiger partial charge is 0.289 e. The number of rotatable bonds is 4. The van der Waals surface area contributed by atoms with Crippen molar-refractivity contribution in [3.63, 3.8) is 0 Å². The number of hydrogen-bond donors (Lipinski definition) is 0. The Morgan fingerprint density at radius 2 is 0.957 bits per heavy atom. The highest BCUT2D eigenvalue weighted by Crippen LogP contribution is 2.29. The van der Waals surface area contributed by atoms with Crippen LogP contribution in [0.5, 0.6) is 0 Å². The first-order chi connectivity index (χ1) is 11.1. The van der Waals surface area contributed by atoms with E-state index >= 15 is 0 Å². The number of hydrogen-bond acceptors (Lipinski definition) is 2. The summed E-state index contributed by atoms with van der Waals surface area (Å²) >= 11 is 8.49. The Hall–Kier alpha value is -1.36. The molecular formula is C19H12Br2OS. The maximum absolute atomic E-state index is 12.4. The van der Waals surface area contributed by atoms with E-state index in [9.17, 15) is 4.79 Å². The van der Waals surface area contributed by atoms with E-state index in [1.807, 2.05) is 60.7 Å². The van der Waals surface area contributed by atoms with Crippen LogP contribution in [-0.4, -0.2) is 5.78 Å². The minimum atomic E-state index is 0.0395. The van der Waals surface area contributed by atoms with Gasteiger partial charge < -0.3 is 0 Å². The molecule has 3 rings (SSSR count). The summed E-state index contributed by atoms with van der Waals surface area (Å²) in [5.74, 6) is 0.0395. The molecule has 0 saturated heterocycles. The Morgan fingerprint density at radius 1 is 0.609 bits per heavy atom. The van der Waals surface area contributed by atoms with Gasteiger partial charge in [0.2, 0.25) is 0 Å². The quantitative estimate of drug-likeness (QED) is 0.419. The molecule has 3 aromatic rings. The second-order valence-electron chi connectivity index (χ2n) is 4.92. The highest BCUT2D eigenvalue weighted by molar-refractivity contribution is 9.10. The fourth-order valence-corrected chi connectivity index (χ4v) is 3.43. The highest BCUT2D eigenvalue weighted by atomic mass is 79.9. The predicted octanol–water partition coefficient (Wildman–Crippen LogP) is 6.59. The van der Waals surface area contributed by atoms with Crippen LogP contribution < -0.4 is 0 Å². The lowest BCUT2D eigenvalue weighted by atomic mass is 10.0. The summed E-state index contributed by atoms with van der Waals surface area (Å²) in [6, 6.07) is 23.3. The fourth-order valence-electron chi connectivity index (χ4n) is 2.08. The van der Waals surface area contributed by atoms with Gasteiger partial charge in [-0.05, 0) is 72.8 Å². The van der Waals surface area contributed by atoms with E-state index in [1.54, 1.807) is 11.8 Å². The summed E-state index contributed by atoms with van der Waals surface area (Å²) < 4.78 is 2.03. The van der Waals surface area contributed by atoms with Crippen molar-refractivity contribution in [2.24, 2.45) is 0 Å². The minimum Gasteiger partial charge on any atom is -0.289 e. The summed E-state index contributed by atoms with van der Waals surface area (Å²) in [6.45, 7) is 0. The molecule has 0 spiro atoms. The third-order valence-corrected chi connectivity index (χ3v) is 5.35. The third kappa shape index (κ3) is 4.34. The Morgan fingerprint density at radius 3 is 1.43 bits per heavy atom. The van der Waals surface area contributed by atoms with E-state index in [0.717, 1.165) is 13.8 Å². The first-order valence-electron chi connectivity index (χ1n) is 6.95. The predicted molar refractivity (Wildman–Crippen MR) is 102 cm³/mol. The van der Waals surface area contributed by atoms with Crippen molar-refractivity contribution < 1.29 is 4.79 Å². The molecule has 0 amide bonds. The van der Waals surface area contributed by atoms with Crippen LogP contribution in [0.15, 0.2) is 91.5 Å². The Balaban J connectivity index is 1.75. The van der Waals surface area contributed by atoms with Gasteiger partial charge in [-0.2, -0.15) is 0 Å². The molecule has 0 saturated carbocycles. The van der Waals surface area contributed by atoms with E-state index < -0.39 is 0 Å². The Labute approximate surface area is 156 Å². The smallest absolute Gasteiger partial charge is 0.193 e. The van der Waals surface area contributed by atoms with Gasteiger partial charge in [0.1, 0.15) is 0 Å². The van der Waals surface area contributed by atoms with Crippen LogP contribution in [0.25, 0.3) is 0 Å². The number of carbonyl (C=O) groups excluding carboxylic acids is 1. The summed E-state index contributed by atoms with van der Waals surface area (Å²) in [5.41, 5.74) is 1.40. The van der Waals surface area contributed by atoms with Crippen LogP contribution in [0, 0.1) is 0 Å². The SMILES string of the molecule is O=C(c1ccc(Br)cc1)c1ccc(Sc2ccc(Br)cc2)cc1. The monoisotopic (exact) mass is 446 g/mol. The van der Waals surface area contributed by atoms with Crippen molar-refractivity contribution in [2.45, 2.75) is 9.79 Å². The third-order valence-electron chi connectivity index (χ3n) is 3.27. The molecule has 0 atom stereocenters. The zero-order chi connectivity index (χ0) is 16.2. The molecule has 0 unspecified atom stereocenters. The van der Waals surface area contributed by atoms with Crippen LogP contribution in [0.4, 0.5) is 0 Å². The number of benzene rings is 3. The molecule has 0 N–H and O–H groups in total. The van der Waals surface area contributed by atoms with Gasteiger partial charge in [-0.1, -0.05) is 43.6 Å². The van der Waals surface area contributed by atoms with Crippen molar-refractivity contribution in [3.8, 4) is 0 Å². The number of carbonyl (C=O) groups is 1. The van der Waals surface area contributed by atoms with Crippen molar-refractivity contribution >= 4 is 49.4 Å². The van der Waals surface area contributed by atoms with Crippen LogP contribution in [0.2, 0.25) is 0 Å². The van der Waals surface area contributed by atoms with Gasteiger partial charge in [-0.15, -0.1) is 0 Å². The van der Waals surface area contributed by atoms with Crippen molar-refractivity contribution in [1.82, 2.24) is 0 Å². The second kappa shape index (κ2) is 7.47. The Bertz CT molecular complexity index is 809. The lowest BCUT2D eigenvalue weighted by Crippen LogP contribution is -2.00. The van der Waals surface area contributed by atoms with Crippen molar-refractivity contribution in [1.29, 1.82) is 0 Å². The Kier molecular flexibility index (Phi) is 5.36. The van der Waals surface area contributed by atoms with Crippen LogP contribution in [0.1, 0.15) is 15.9 Å². The molecule has 1 nitrogen and oxygen atoms in total. The van der Waals surface area contributed by atoms with Gasteiger partial charge in [0.25, 0.3) is 0 Å². The van der Waals surface area contributed by atoms with Gasteiger partial charge in [0.15, 0.2) is 5.78 Å². The molecule has 0 aliphatic rings. The number of halogens is 2. The van der Waals surface area contributed by atoms with E-state index in [4.69, 9.17) is 0 Å². The topological polar surface area (TPSA) is 17.1 Å². The van der Waals surface area contributed by atoms with Crippen molar-refractivity contribution in [3.05, 3.63) is 92.9 Å². The standard InChI is InChI=1S/C19H12Br2OS/c20-15-5-1-13(2-6-15)19(22)14-3-9-17(10-4-14)23-18-11-7-16(21)8-12-18/h1-12H. The molecule has 114 valence electrons. The minimum absolute atomic E-state index is 0.0395. The van der Waals surface area contributed by atoms with E-state index in [-0.39, 0.29) is 5.78 Å². The van der Waals surface area contributed by atoms with E-state index in [1.165, 1.54) is 4.90 Å². The molecule has 0 aliphatic heterocycles. The normalized spacial score (nSPS) is 10.5. The molecule has 23 heavy (non-hydrogen) atoms. The number of ketones is 1. The summed E-state index contributed by atoms with van der Waals surface area (Å²) in [5, 5.41) is 0. The second-order valence-corrected chi connectivity index (χ2v) is 7.89. The van der Waals surface area contributed by atoms with Gasteiger partial charge in [0.05, 0.1) is 0 Å². The van der Waals surface area contributed by atoms with E-state index in [0.29, 0.717) is 11.1 Å². The van der Waals surface area contributed by atoms with Gasteiger partial charge in [-0.3, -0.25) is 4.79 Å². The molecule has 0 fully saturated rings. The first-order valence-corrected chi connectivity index (χ1v) is 9.36. The zero-order valence-corrected chi connectivity index (χ0v) is 16.0. The van der Waals surface area contributed by atoms with Gasteiger partial charge >= 0.3 is 0 Å². The zero-order valence-electron chi connectivity index (χ0n) is 12.0. The lowest BCUT2D eigenvalue weighted by Gasteiger charge is -2.05. The van der Waals surface area contributed by atoms with Gasteiger partial charge in [0, 0.05) is 29.9 Å². The van der Waals surface area contributed by atoms with Crippen molar-refractivity contribution in [2.75, 3.05) is 0 Å². The molecule has 0 aliphatic carbocycles. The van der Waals surface area contributed by atoms with Gasteiger partial charge in [-0.25, -0.2) is 0 Å². The summed E-state index contributed by atoms with van der Waals surface area (Å²) in [7, 11) is 0. The maximum atomic E-state index is 12.4. The van der Waals surface area contributed by atoms with Crippen LogP contribution in [0.3, 0.4) is 0 Å². The molecule has 0 aromatic heterocycles. The molecule has 0 bridgehead atoms. The summed E-state index contributed by atoms with van der Waals surface area (Å²) in [6.07, 6.45) is 0. The summed E-state index contributed by atoms with van der Waals surface area (Å²) in [4.78, 5) is 14.7. The van der Waals surface area contributed by atoms with Crippen LogP contribution in [-0.2, 0) is 0 Å². The average Bonchev–Trinajstić information content (AvgIpc) is 2.58. The molecule has 0 radical (unpaired) electrons. The maximum Gasteiger partial charge on any atom is 0.193 e. The average molecular weight is 448 g/mol. The first kappa shape index (κ1) is 16.5. The highest BCUT2D eigenvalue weighted by Gasteiger charge is 2.09. The van der Waals surface area contributed by atoms with E-state index in [2.05, 4.69) is 44.0 Å². The fraction of sp³-hybridized carbons (Fsp3) is 0. The lowest BCUT2D eigenvalue weighted by molar-refractivity contribution is 0.103. The van der Waals surface area contributed by atoms with Crippen LogP contribution >= 0.6 is 43.6 Å². The molecule has 0 heterocycles.